The van der Waals surface area contributed by atoms with Gasteiger partial charge in [0.25, 0.3) is 0 Å². The molecule has 0 aromatic heterocycles. The number of hydrogen-bond acceptors (Lipinski definition) is 2. The molecule has 11 heavy (non-hydrogen) atoms. The Morgan fingerprint density at radius 3 is 2.73 bits per heavy atom. The Balaban J connectivity index is 3.23. The van der Waals surface area contributed by atoms with Crippen LogP contribution in [0.15, 0.2) is 12.3 Å². The van der Waals surface area contributed by atoms with Crippen LogP contribution in [0.25, 0.3) is 0 Å². The zero-order valence-electron chi connectivity index (χ0n) is 7.05. The number of allylic oxidation sites excluding steroid dienone is 1. The Morgan fingerprint density at radius 1 is 1.45 bits per heavy atom. The molecule has 0 aliphatic heterocycles. The monoisotopic (exact) mass is 156 g/mol. The van der Waals surface area contributed by atoms with E-state index in [1.54, 1.807) is 0 Å². The molecule has 0 saturated heterocycles. The number of Topliss-reactive ketones (excluding diaryl/α,β-unsaturated/α-hetero) is 1. The molecule has 0 amide bonds. The van der Waals surface area contributed by atoms with Gasteiger partial charge in [0.05, 0.1) is 6.26 Å². The highest BCUT2D eigenvalue weighted by atomic mass is 16.2. The lowest BCUT2D eigenvalue weighted by Crippen LogP contribution is -1.94. The molecule has 0 atom stereocenters. The van der Waals surface area contributed by atoms with Gasteiger partial charge in [-0.1, -0.05) is 19.8 Å². The Bertz CT molecular complexity index is 128. The lowest BCUT2D eigenvalue weighted by atomic mass is 10.1. The molecular formula is C9H16O2. The minimum atomic E-state index is 0.212. The number of ketones is 1. The molecule has 0 aromatic rings. The molecule has 2 nitrogen and oxygen atoms in total. The molecule has 0 saturated carbocycles. The van der Waals surface area contributed by atoms with Gasteiger partial charge in [-0.25, -0.2) is 0 Å². The number of hydrogen-bond donors (Lipinski definition) is 1. The van der Waals surface area contributed by atoms with Crippen molar-refractivity contribution in [1.82, 2.24) is 0 Å². The van der Waals surface area contributed by atoms with Crippen molar-refractivity contribution in [2.75, 3.05) is 0 Å². The van der Waals surface area contributed by atoms with Crippen molar-refractivity contribution in [3.8, 4) is 0 Å². The van der Waals surface area contributed by atoms with Gasteiger partial charge in [-0.2, -0.15) is 0 Å². The van der Waals surface area contributed by atoms with E-state index in [9.17, 15) is 4.79 Å². The van der Waals surface area contributed by atoms with E-state index >= 15 is 0 Å². The summed E-state index contributed by atoms with van der Waals surface area (Å²) in [6, 6.07) is 0. The SMILES string of the molecule is CCCCCC(=O)CC=CO. The van der Waals surface area contributed by atoms with Gasteiger partial charge in [-0.3, -0.25) is 4.79 Å². The van der Waals surface area contributed by atoms with Crippen LogP contribution in [0.2, 0.25) is 0 Å². The maximum atomic E-state index is 10.9. The van der Waals surface area contributed by atoms with E-state index in [4.69, 9.17) is 5.11 Å². The highest BCUT2D eigenvalue weighted by Crippen LogP contribution is 2.01. The first-order valence-electron chi connectivity index (χ1n) is 4.12. The minimum Gasteiger partial charge on any atom is -0.516 e. The molecule has 0 spiro atoms. The van der Waals surface area contributed by atoms with Crippen molar-refractivity contribution in [1.29, 1.82) is 0 Å². The standard InChI is InChI=1S/C9H16O2/c1-2-3-4-6-9(11)7-5-8-10/h5,8,10H,2-4,6-7H2,1H3. The molecule has 0 aliphatic carbocycles. The highest BCUT2D eigenvalue weighted by Gasteiger charge is 1.97. The topological polar surface area (TPSA) is 37.3 Å². The number of aliphatic hydroxyl groups excluding tert-OH is 1. The Labute approximate surface area is 67.9 Å². The molecule has 0 heterocycles. The molecule has 1 N–H and O–H groups in total. The Morgan fingerprint density at radius 2 is 2.18 bits per heavy atom. The molecule has 0 rings (SSSR count). The van der Waals surface area contributed by atoms with Gasteiger partial charge in [-0.15, -0.1) is 0 Å². The van der Waals surface area contributed by atoms with E-state index in [0.29, 0.717) is 12.8 Å². The normalized spacial score (nSPS) is 10.6. The lowest BCUT2D eigenvalue weighted by molar-refractivity contribution is -0.118. The van der Waals surface area contributed by atoms with Gasteiger partial charge in [0.15, 0.2) is 0 Å². The van der Waals surface area contributed by atoms with Crippen molar-refractivity contribution in [3.63, 3.8) is 0 Å². The van der Waals surface area contributed by atoms with Gasteiger partial charge in [0, 0.05) is 12.8 Å². The van der Waals surface area contributed by atoms with Gasteiger partial charge in [0.2, 0.25) is 0 Å². The summed E-state index contributed by atoms with van der Waals surface area (Å²) in [5.74, 6) is 0.212. The number of aliphatic hydroxyl groups is 1. The zero-order chi connectivity index (χ0) is 8.53. The second-order valence-electron chi connectivity index (χ2n) is 2.58. The highest BCUT2D eigenvalue weighted by molar-refractivity contribution is 5.79. The van der Waals surface area contributed by atoms with Crippen molar-refractivity contribution in [2.45, 2.75) is 39.0 Å². The third-order valence-corrected chi connectivity index (χ3v) is 1.51. The maximum Gasteiger partial charge on any atom is 0.136 e. The van der Waals surface area contributed by atoms with E-state index in [1.165, 1.54) is 6.08 Å². The smallest absolute Gasteiger partial charge is 0.136 e. The molecule has 0 fully saturated rings. The van der Waals surface area contributed by atoms with E-state index in [2.05, 4.69) is 6.92 Å². The number of unbranched alkanes of at least 4 members (excludes halogenated alkanes) is 2. The van der Waals surface area contributed by atoms with Crippen LogP contribution in [-0.4, -0.2) is 10.9 Å². The molecule has 0 aliphatic rings. The summed E-state index contributed by atoms with van der Waals surface area (Å²) in [4.78, 5) is 10.9. The quantitative estimate of drug-likeness (QED) is 0.474. The van der Waals surface area contributed by atoms with E-state index in [-0.39, 0.29) is 5.78 Å². The molecule has 0 bridgehead atoms. The zero-order valence-corrected chi connectivity index (χ0v) is 7.05. The fourth-order valence-corrected chi connectivity index (χ4v) is 0.858. The van der Waals surface area contributed by atoms with Crippen molar-refractivity contribution >= 4 is 5.78 Å². The van der Waals surface area contributed by atoms with Crippen molar-refractivity contribution in [2.24, 2.45) is 0 Å². The van der Waals surface area contributed by atoms with Crippen LogP contribution in [0, 0.1) is 0 Å². The van der Waals surface area contributed by atoms with Crippen LogP contribution in [0.5, 0.6) is 0 Å². The summed E-state index contributed by atoms with van der Waals surface area (Å²) < 4.78 is 0. The predicted molar refractivity (Wildman–Crippen MR) is 45.5 cm³/mol. The third-order valence-electron chi connectivity index (χ3n) is 1.51. The van der Waals surface area contributed by atoms with Gasteiger partial charge >= 0.3 is 0 Å². The second-order valence-corrected chi connectivity index (χ2v) is 2.58. The van der Waals surface area contributed by atoms with E-state index in [1.807, 2.05) is 0 Å². The summed E-state index contributed by atoms with van der Waals surface area (Å²) in [5.41, 5.74) is 0. The van der Waals surface area contributed by atoms with Crippen LogP contribution in [0.4, 0.5) is 0 Å². The largest absolute Gasteiger partial charge is 0.516 e. The van der Waals surface area contributed by atoms with Crippen molar-refractivity contribution in [3.05, 3.63) is 12.3 Å². The predicted octanol–water partition coefficient (Wildman–Crippen LogP) is 2.60. The summed E-state index contributed by atoms with van der Waals surface area (Å²) >= 11 is 0. The van der Waals surface area contributed by atoms with Gasteiger partial charge in [0.1, 0.15) is 5.78 Å². The van der Waals surface area contributed by atoms with Crippen molar-refractivity contribution < 1.29 is 9.90 Å². The average Bonchev–Trinajstić information content (AvgIpc) is 2.01. The van der Waals surface area contributed by atoms with Crippen LogP contribution in [-0.2, 0) is 4.79 Å². The number of rotatable bonds is 6. The summed E-state index contributed by atoms with van der Waals surface area (Å²) in [7, 11) is 0. The van der Waals surface area contributed by atoms with E-state index < -0.39 is 0 Å². The molecular weight excluding hydrogens is 140 g/mol. The summed E-state index contributed by atoms with van der Waals surface area (Å²) in [6.45, 7) is 2.11. The first kappa shape index (κ1) is 10.2. The first-order valence-corrected chi connectivity index (χ1v) is 4.12. The first-order chi connectivity index (χ1) is 5.31. The molecule has 0 radical (unpaired) electrons. The molecule has 64 valence electrons. The van der Waals surface area contributed by atoms with Crippen LogP contribution in [0.1, 0.15) is 39.0 Å². The summed E-state index contributed by atoms with van der Waals surface area (Å²) in [5, 5.41) is 8.25. The number of carbonyl (C=O) groups is 1. The molecule has 2 heteroatoms. The average molecular weight is 156 g/mol. The fourth-order valence-electron chi connectivity index (χ4n) is 0.858. The van der Waals surface area contributed by atoms with Gasteiger partial charge < -0.3 is 5.11 Å². The summed E-state index contributed by atoms with van der Waals surface area (Å²) in [6.07, 6.45) is 6.68. The van der Waals surface area contributed by atoms with Crippen LogP contribution >= 0.6 is 0 Å². The van der Waals surface area contributed by atoms with E-state index in [0.717, 1.165) is 25.5 Å². The minimum absolute atomic E-state index is 0.212. The lowest BCUT2D eigenvalue weighted by Gasteiger charge is -1.94. The van der Waals surface area contributed by atoms with Gasteiger partial charge in [-0.05, 0) is 12.5 Å². The maximum absolute atomic E-state index is 10.9. The van der Waals surface area contributed by atoms with Crippen LogP contribution in [0.3, 0.4) is 0 Å². The number of carbonyl (C=O) groups excluding carboxylic acids is 1. The Kier molecular flexibility index (Phi) is 6.79. The molecule has 0 unspecified atom stereocenters. The Hall–Kier alpha value is -0.790. The van der Waals surface area contributed by atoms with Crippen LogP contribution < -0.4 is 0 Å². The fraction of sp³-hybridized carbons (Fsp3) is 0.667. The third kappa shape index (κ3) is 7.10. The second kappa shape index (κ2) is 7.32. The molecule has 0 aromatic carbocycles.